The maximum atomic E-state index is 4.44. The maximum absolute atomic E-state index is 4.44. The minimum atomic E-state index is 0.414. The van der Waals surface area contributed by atoms with Gasteiger partial charge in [-0.1, -0.05) is 6.92 Å². The molecule has 0 fully saturated rings. The van der Waals surface area contributed by atoms with Crippen LogP contribution >= 0.6 is 0 Å². The van der Waals surface area contributed by atoms with E-state index in [1.54, 1.807) is 0 Å². The minimum Gasteiger partial charge on any atom is -0.366 e. The molecule has 0 heterocycles. The molecule has 0 aliphatic carbocycles. The Morgan fingerprint density at radius 3 is 2.00 bits per heavy atom. The number of hydrogen-bond acceptors (Lipinski definition) is 1. The monoisotopic (exact) mass is 142 g/mol. The molecule has 0 aromatic carbocycles. The Hall–Kier alpha value is -0.530. The molecule has 0 aliphatic rings. The summed E-state index contributed by atoms with van der Waals surface area (Å²) in [6.07, 6.45) is 1.02. The third kappa shape index (κ3) is 3.49. The van der Waals surface area contributed by atoms with Crippen molar-refractivity contribution in [3.63, 3.8) is 0 Å². The molecule has 0 aromatic rings. The van der Waals surface area contributed by atoms with Gasteiger partial charge in [0, 0.05) is 26.6 Å². The summed E-state index contributed by atoms with van der Waals surface area (Å²) < 4.78 is 0. The van der Waals surface area contributed by atoms with Gasteiger partial charge in [0.05, 0.1) is 5.84 Å². The highest BCUT2D eigenvalue weighted by atomic mass is 15.1. The quantitative estimate of drug-likeness (QED) is 0.424. The van der Waals surface area contributed by atoms with Gasteiger partial charge in [0.25, 0.3) is 0 Å². The van der Waals surface area contributed by atoms with Crippen LogP contribution in [-0.4, -0.2) is 30.9 Å². The molecule has 0 bridgehead atoms. The number of aliphatic imine (C=N–C) groups is 1. The molecule has 0 aliphatic heterocycles. The molecule has 0 spiro atoms. The lowest BCUT2D eigenvalue weighted by atomic mass is 10.3. The van der Waals surface area contributed by atoms with Crippen LogP contribution in [0.4, 0.5) is 0 Å². The summed E-state index contributed by atoms with van der Waals surface area (Å²) in [5, 5.41) is 0. The van der Waals surface area contributed by atoms with Crippen molar-refractivity contribution in [1.29, 1.82) is 0 Å². The molecular formula is C8H18N2. The summed E-state index contributed by atoms with van der Waals surface area (Å²) in [5.74, 6) is 1.18. The fraction of sp³-hybridized carbons (Fsp3) is 0.875. The predicted molar refractivity (Wildman–Crippen MR) is 46.5 cm³/mol. The zero-order valence-electron chi connectivity index (χ0n) is 7.68. The molecule has 0 amide bonds. The van der Waals surface area contributed by atoms with Crippen molar-refractivity contribution >= 4 is 5.84 Å². The van der Waals surface area contributed by atoms with Gasteiger partial charge >= 0.3 is 0 Å². The van der Waals surface area contributed by atoms with Crippen molar-refractivity contribution in [1.82, 2.24) is 4.90 Å². The fourth-order valence-electron chi connectivity index (χ4n) is 0.821. The van der Waals surface area contributed by atoms with Gasteiger partial charge in [-0.25, -0.2) is 0 Å². The first kappa shape index (κ1) is 9.47. The highest BCUT2D eigenvalue weighted by molar-refractivity contribution is 5.81. The molecule has 0 N–H and O–H groups in total. The van der Waals surface area contributed by atoms with Gasteiger partial charge in [-0.3, -0.25) is 4.99 Å². The van der Waals surface area contributed by atoms with E-state index in [9.17, 15) is 0 Å². The van der Waals surface area contributed by atoms with E-state index in [4.69, 9.17) is 0 Å². The SMILES string of the molecule is CC/C(=N/C(C)C)N(C)C. The van der Waals surface area contributed by atoms with E-state index in [2.05, 4.69) is 30.7 Å². The van der Waals surface area contributed by atoms with Crippen molar-refractivity contribution in [2.75, 3.05) is 14.1 Å². The lowest BCUT2D eigenvalue weighted by molar-refractivity contribution is 0.595. The molecule has 0 saturated carbocycles. The zero-order valence-corrected chi connectivity index (χ0v) is 7.68. The topological polar surface area (TPSA) is 15.6 Å². The van der Waals surface area contributed by atoms with Crippen molar-refractivity contribution in [3.05, 3.63) is 0 Å². The van der Waals surface area contributed by atoms with Crippen LogP contribution in [0.15, 0.2) is 4.99 Å². The van der Waals surface area contributed by atoms with Crippen molar-refractivity contribution < 1.29 is 0 Å². The normalized spacial score (nSPS) is 12.4. The summed E-state index contributed by atoms with van der Waals surface area (Å²) in [7, 11) is 4.06. The van der Waals surface area contributed by atoms with Gasteiger partial charge in [0.15, 0.2) is 0 Å². The van der Waals surface area contributed by atoms with Gasteiger partial charge < -0.3 is 4.90 Å². The highest BCUT2D eigenvalue weighted by Crippen LogP contribution is 1.94. The summed E-state index contributed by atoms with van der Waals surface area (Å²) >= 11 is 0. The van der Waals surface area contributed by atoms with Crippen LogP contribution in [0, 0.1) is 0 Å². The molecule has 10 heavy (non-hydrogen) atoms. The van der Waals surface area contributed by atoms with Gasteiger partial charge in [0.2, 0.25) is 0 Å². The van der Waals surface area contributed by atoms with Crippen LogP contribution in [-0.2, 0) is 0 Å². The third-order valence-corrected chi connectivity index (χ3v) is 1.24. The van der Waals surface area contributed by atoms with E-state index in [0.29, 0.717) is 6.04 Å². The number of rotatable bonds is 2. The molecular weight excluding hydrogens is 124 g/mol. The molecule has 0 radical (unpaired) electrons. The molecule has 2 nitrogen and oxygen atoms in total. The van der Waals surface area contributed by atoms with Crippen LogP contribution in [0.5, 0.6) is 0 Å². The third-order valence-electron chi connectivity index (χ3n) is 1.24. The van der Waals surface area contributed by atoms with E-state index >= 15 is 0 Å². The molecule has 2 heteroatoms. The van der Waals surface area contributed by atoms with Gasteiger partial charge in [0.1, 0.15) is 0 Å². The van der Waals surface area contributed by atoms with Gasteiger partial charge in [-0.15, -0.1) is 0 Å². The Morgan fingerprint density at radius 1 is 1.40 bits per heavy atom. The largest absolute Gasteiger partial charge is 0.366 e. The predicted octanol–water partition coefficient (Wildman–Crippen LogP) is 1.76. The van der Waals surface area contributed by atoms with E-state index in [1.807, 2.05) is 14.1 Å². The van der Waals surface area contributed by atoms with Crippen molar-refractivity contribution in [2.45, 2.75) is 33.2 Å². The minimum absolute atomic E-state index is 0.414. The fourth-order valence-corrected chi connectivity index (χ4v) is 0.821. The Kier molecular flexibility index (Phi) is 4.08. The summed E-state index contributed by atoms with van der Waals surface area (Å²) in [4.78, 5) is 6.51. The lowest BCUT2D eigenvalue weighted by Gasteiger charge is -2.14. The van der Waals surface area contributed by atoms with E-state index in [-0.39, 0.29) is 0 Å². The highest BCUT2D eigenvalue weighted by Gasteiger charge is 1.97. The maximum Gasteiger partial charge on any atom is 0.0984 e. The second kappa shape index (κ2) is 4.31. The van der Waals surface area contributed by atoms with Crippen molar-refractivity contribution in [3.8, 4) is 0 Å². The number of amidine groups is 1. The Labute approximate surface area is 63.9 Å². The summed E-state index contributed by atoms with van der Waals surface area (Å²) in [6.45, 7) is 6.32. The Bertz CT molecular complexity index is 114. The van der Waals surface area contributed by atoms with Crippen molar-refractivity contribution in [2.24, 2.45) is 4.99 Å². The van der Waals surface area contributed by atoms with Gasteiger partial charge in [-0.2, -0.15) is 0 Å². The van der Waals surface area contributed by atoms with Crippen LogP contribution in [0.25, 0.3) is 0 Å². The first-order valence-corrected chi connectivity index (χ1v) is 3.82. The van der Waals surface area contributed by atoms with E-state index in [1.165, 1.54) is 5.84 Å². The lowest BCUT2D eigenvalue weighted by Crippen LogP contribution is -2.22. The summed E-state index contributed by atoms with van der Waals surface area (Å²) in [6, 6.07) is 0.414. The summed E-state index contributed by atoms with van der Waals surface area (Å²) in [5.41, 5.74) is 0. The Balaban J connectivity index is 4.04. The average molecular weight is 142 g/mol. The molecule has 0 saturated heterocycles. The van der Waals surface area contributed by atoms with Crippen LogP contribution in [0.3, 0.4) is 0 Å². The molecule has 0 atom stereocenters. The second-order valence-corrected chi connectivity index (χ2v) is 2.89. The molecule has 0 aromatic heterocycles. The number of hydrogen-bond donors (Lipinski definition) is 0. The Morgan fingerprint density at radius 2 is 1.90 bits per heavy atom. The smallest absolute Gasteiger partial charge is 0.0984 e. The zero-order chi connectivity index (χ0) is 8.15. The van der Waals surface area contributed by atoms with Crippen LogP contribution in [0.1, 0.15) is 27.2 Å². The van der Waals surface area contributed by atoms with Gasteiger partial charge in [-0.05, 0) is 13.8 Å². The van der Waals surface area contributed by atoms with E-state index < -0.39 is 0 Å². The average Bonchev–Trinajstić information content (AvgIpc) is 1.81. The first-order chi connectivity index (χ1) is 4.57. The molecule has 60 valence electrons. The van der Waals surface area contributed by atoms with Crippen LogP contribution < -0.4 is 0 Å². The van der Waals surface area contributed by atoms with Crippen LogP contribution in [0.2, 0.25) is 0 Å². The number of nitrogens with zero attached hydrogens (tertiary/aromatic N) is 2. The second-order valence-electron chi connectivity index (χ2n) is 2.89. The first-order valence-electron chi connectivity index (χ1n) is 3.82. The molecule has 0 rings (SSSR count). The standard InChI is InChI=1S/C8H18N2/c1-6-8(10(4)5)9-7(2)3/h7H,6H2,1-5H3/b9-8-. The molecule has 0 unspecified atom stereocenters. The van der Waals surface area contributed by atoms with E-state index in [0.717, 1.165) is 6.42 Å².